The van der Waals surface area contributed by atoms with Crippen LogP contribution in [0.3, 0.4) is 0 Å². The Kier molecular flexibility index (Phi) is 2.16. The molecule has 0 bridgehead atoms. The maximum atomic E-state index is 5.58. The van der Waals surface area contributed by atoms with Gasteiger partial charge in [-0.1, -0.05) is 29.8 Å². The van der Waals surface area contributed by atoms with Gasteiger partial charge in [0.25, 0.3) is 0 Å². The van der Waals surface area contributed by atoms with E-state index >= 15 is 0 Å². The van der Waals surface area contributed by atoms with E-state index in [0.29, 0.717) is 5.70 Å². The zero-order chi connectivity index (χ0) is 8.27. The highest BCUT2D eigenvalue weighted by atomic mass is 14.6. The largest absolute Gasteiger partial charge is 0.403 e. The molecular formula is C9H12N2. The van der Waals surface area contributed by atoms with Crippen molar-refractivity contribution in [1.82, 2.24) is 0 Å². The summed E-state index contributed by atoms with van der Waals surface area (Å²) in [6, 6.07) is 7.92. The van der Waals surface area contributed by atoms with Gasteiger partial charge in [-0.25, -0.2) is 0 Å². The van der Waals surface area contributed by atoms with E-state index in [0.717, 1.165) is 5.56 Å². The Morgan fingerprint density at radius 3 is 2.27 bits per heavy atom. The predicted octanol–water partition coefficient (Wildman–Crippen LogP) is 1.21. The zero-order valence-corrected chi connectivity index (χ0v) is 6.54. The van der Waals surface area contributed by atoms with Crippen LogP contribution in [0.4, 0.5) is 0 Å². The number of benzene rings is 1. The molecule has 0 radical (unpaired) electrons. The van der Waals surface area contributed by atoms with Crippen molar-refractivity contribution in [3.8, 4) is 0 Å². The molecule has 0 spiro atoms. The fourth-order valence-electron chi connectivity index (χ4n) is 0.842. The Bertz CT molecular complexity index is 259. The maximum Gasteiger partial charge on any atom is 0.0545 e. The smallest absolute Gasteiger partial charge is 0.0545 e. The van der Waals surface area contributed by atoms with E-state index in [-0.39, 0.29) is 0 Å². The summed E-state index contributed by atoms with van der Waals surface area (Å²) >= 11 is 0. The highest BCUT2D eigenvalue weighted by Gasteiger charge is 1.92. The van der Waals surface area contributed by atoms with Crippen molar-refractivity contribution >= 4 is 5.70 Å². The minimum absolute atomic E-state index is 0.616. The Morgan fingerprint density at radius 1 is 1.27 bits per heavy atom. The standard InChI is InChI=1S/C9H12N2/c1-7-2-4-8(5-3-7)9(11)6-10/h2-6H,10-11H2,1H3/b9-6-. The lowest BCUT2D eigenvalue weighted by molar-refractivity contribution is 1.41. The van der Waals surface area contributed by atoms with E-state index in [1.165, 1.54) is 11.8 Å². The molecule has 0 amide bonds. The first-order valence-electron chi connectivity index (χ1n) is 3.48. The van der Waals surface area contributed by atoms with Crippen LogP contribution in [0.25, 0.3) is 5.70 Å². The van der Waals surface area contributed by atoms with Crippen LogP contribution in [-0.4, -0.2) is 0 Å². The fourth-order valence-corrected chi connectivity index (χ4v) is 0.842. The molecule has 0 unspecified atom stereocenters. The molecule has 0 atom stereocenters. The highest BCUT2D eigenvalue weighted by Crippen LogP contribution is 2.08. The van der Waals surface area contributed by atoms with Crippen molar-refractivity contribution in [2.45, 2.75) is 6.92 Å². The second-order valence-electron chi connectivity index (χ2n) is 2.49. The number of aryl methyl sites for hydroxylation is 1. The van der Waals surface area contributed by atoms with Gasteiger partial charge < -0.3 is 11.5 Å². The summed E-state index contributed by atoms with van der Waals surface area (Å²) in [7, 11) is 0. The van der Waals surface area contributed by atoms with Crippen molar-refractivity contribution < 1.29 is 0 Å². The van der Waals surface area contributed by atoms with Gasteiger partial charge in [0.2, 0.25) is 0 Å². The minimum atomic E-state index is 0.616. The lowest BCUT2D eigenvalue weighted by atomic mass is 10.1. The van der Waals surface area contributed by atoms with Gasteiger partial charge in [-0.3, -0.25) is 0 Å². The Labute approximate surface area is 66.5 Å². The summed E-state index contributed by atoms with van der Waals surface area (Å²) in [6.07, 6.45) is 1.41. The molecule has 0 heterocycles. The lowest BCUT2D eigenvalue weighted by Crippen LogP contribution is -1.98. The quantitative estimate of drug-likeness (QED) is 0.629. The van der Waals surface area contributed by atoms with Gasteiger partial charge in [0.15, 0.2) is 0 Å². The van der Waals surface area contributed by atoms with Gasteiger partial charge in [0.1, 0.15) is 0 Å². The van der Waals surface area contributed by atoms with Crippen molar-refractivity contribution in [2.24, 2.45) is 11.5 Å². The molecule has 0 saturated carbocycles. The molecule has 2 heteroatoms. The van der Waals surface area contributed by atoms with Crippen molar-refractivity contribution in [3.05, 3.63) is 41.6 Å². The van der Waals surface area contributed by atoms with Crippen molar-refractivity contribution in [1.29, 1.82) is 0 Å². The molecule has 1 aromatic rings. The molecule has 0 aromatic heterocycles. The monoisotopic (exact) mass is 148 g/mol. The summed E-state index contributed by atoms with van der Waals surface area (Å²) in [6.45, 7) is 2.03. The highest BCUT2D eigenvalue weighted by molar-refractivity contribution is 5.62. The van der Waals surface area contributed by atoms with E-state index in [2.05, 4.69) is 0 Å². The molecule has 1 aromatic carbocycles. The van der Waals surface area contributed by atoms with Crippen LogP contribution in [0.5, 0.6) is 0 Å². The summed E-state index contributed by atoms with van der Waals surface area (Å²) in [5.74, 6) is 0. The van der Waals surface area contributed by atoms with Gasteiger partial charge in [-0.2, -0.15) is 0 Å². The first-order chi connectivity index (χ1) is 5.24. The molecule has 0 aliphatic rings. The van der Waals surface area contributed by atoms with E-state index in [1.54, 1.807) is 0 Å². The molecule has 0 saturated heterocycles. The SMILES string of the molecule is Cc1ccc(/C(N)=C/N)cc1. The molecule has 0 aliphatic carbocycles. The van der Waals surface area contributed by atoms with Crippen LogP contribution >= 0.6 is 0 Å². The number of rotatable bonds is 1. The van der Waals surface area contributed by atoms with E-state index < -0.39 is 0 Å². The van der Waals surface area contributed by atoms with Crippen LogP contribution in [-0.2, 0) is 0 Å². The van der Waals surface area contributed by atoms with Crippen molar-refractivity contribution in [3.63, 3.8) is 0 Å². The Morgan fingerprint density at radius 2 is 1.82 bits per heavy atom. The first kappa shape index (κ1) is 7.66. The third kappa shape index (κ3) is 1.74. The third-order valence-corrected chi connectivity index (χ3v) is 1.56. The number of nitrogens with two attached hydrogens (primary N) is 2. The average molecular weight is 148 g/mol. The lowest BCUT2D eigenvalue weighted by Gasteiger charge is -1.99. The van der Waals surface area contributed by atoms with Gasteiger partial charge in [0, 0.05) is 6.20 Å². The van der Waals surface area contributed by atoms with Crippen LogP contribution in [0.1, 0.15) is 11.1 Å². The van der Waals surface area contributed by atoms with Crippen LogP contribution in [0.2, 0.25) is 0 Å². The van der Waals surface area contributed by atoms with Crippen LogP contribution in [0, 0.1) is 6.92 Å². The van der Waals surface area contributed by atoms with Crippen molar-refractivity contribution in [2.75, 3.05) is 0 Å². The zero-order valence-electron chi connectivity index (χ0n) is 6.54. The predicted molar refractivity (Wildman–Crippen MR) is 47.5 cm³/mol. The molecule has 58 valence electrons. The minimum Gasteiger partial charge on any atom is -0.403 e. The summed E-state index contributed by atoms with van der Waals surface area (Å²) < 4.78 is 0. The average Bonchev–Trinajstić information content (AvgIpc) is 2.05. The third-order valence-electron chi connectivity index (χ3n) is 1.56. The fraction of sp³-hybridized carbons (Fsp3) is 0.111. The van der Waals surface area contributed by atoms with Gasteiger partial charge in [0.05, 0.1) is 5.70 Å². The van der Waals surface area contributed by atoms with E-state index in [1.807, 2.05) is 31.2 Å². The topological polar surface area (TPSA) is 52.0 Å². The van der Waals surface area contributed by atoms with Gasteiger partial charge >= 0.3 is 0 Å². The van der Waals surface area contributed by atoms with Crippen LogP contribution < -0.4 is 11.5 Å². The maximum absolute atomic E-state index is 5.58. The first-order valence-corrected chi connectivity index (χ1v) is 3.48. The van der Waals surface area contributed by atoms with E-state index in [9.17, 15) is 0 Å². The Balaban J connectivity index is 2.99. The molecule has 0 aliphatic heterocycles. The molecule has 2 nitrogen and oxygen atoms in total. The summed E-state index contributed by atoms with van der Waals surface area (Å²) in [5.41, 5.74) is 13.6. The second kappa shape index (κ2) is 3.10. The van der Waals surface area contributed by atoms with E-state index in [4.69, 9.17) is 11.5 Å². The molecule has 0 fully saturated rings. The Hall–Kier alpha value is -1.44. The normalized spacial score (nSPS) is 11.5. The van der Waals surface area contributed by atoms with Gasteiger partial charge in [-0.05, 0) is 12.5 Å². The second-order valence-corrected chi connectivity index (χ2v) is 2.49. The summed E-state index contributed by atoms with van der Waals surface area (Å²) in [4.78, 5) is 0. The van der Waals surface area contributed by atoms with Gasteiger partial charge in [-0.15, -0.1) is 0 Å². The molecular weight excluding hydrogens is 136 g/mol. The summed E-state index contributed by atoms with van der Waals surface area (Å²) in [5, 5.41) is 0. The number of hydrogen-bond donors (Lipinski definition) is 2. The molecule has 11 heavy (non-hydrogen) atoms. The molecule has 4 N–H and O–H groups in total. The van der Waals surface area contributed by atoms with Crippen LogP contribution in [0.15, 0.2) is 30.5 Å². The molecule has 1 rings (SSSR count). The number of hydrogen-bond acceptors (Lipinski definition) is 2.